The van der Waals surface area contributed by atoms with Gasteiger partial charge in [0.1, 0.15) is 5.69 Å². The predicted molar refractivity (Wildman–Crippen MR) is 48.5 cm³/mol. The molecule has 1 aromatic heterocycles. The van der Waals surface area contributed by atoms with Crippen molar-refractivity contribution < 1.29 is 4.79 Å². The van der Waals surface area contributed by atoms with E-state index in [1.54, 1.807) is 12.4 Å². The van der Waals surface area contributed by atoms with Gasteiger partial charge in [0.25, 0.3) is 0 Å². The van der Waals surface area contributed by atoms with Crippen molar-refractivity contribution in [3.8, 4) is 0 Å². The van der Waals surface area contributed by atoms with Gasteiger partial charge in [0.2, 0.25) is 6.08 Å². The lowest BCUT2D eigenvalue weighted by atomic mass is 10.3. The smallest absolute Gasteiger partial charge is 0.240 e. The Labute approximate surface area is 74.5 Å². The zero-order valence-corrected chi connectivity index (χ0v) is 7.06. The van der Waals surface area contributed by atoms with Crippen molar-refractivity contribution in [3.05, 3.63) is 24.5 Å². The van der Waals surface area contributed by atoms with Crippen molar-refractivity contribution >= 4 is 22.8 Å². The Kier molecular flexibility index (Phi) is 1.69. The summed E-state index contributed by atoms with van der Waals surface area (Å²) in [5.74, 6) is 0. The molecule has 0 fully saturated rings. The standard InChI is InChI=1S/C9H7N3O/c1-12-5-10-7-3-2-4-8(9(7)12)11-6-13/h2-5H,1H3. The molecule has 0 amide bonds. The number of hydrogen-bond acceptors (Lipinski definition) is 3. The zero-order chi connectivity index (χ0) is 9.26. The van der Waals surface area contributed by atoms with E-state index < -0.39 is 0 Å². The van der Waals surface area contributed by atoms with Gasteiger partial charge in [-0.25, -0.2) is 9.78 Å². The first kappa shape index (κ1) is 7.71. The topological polar surface area (TPSA) is 47.2 Å². The molecule has 0 saturated carbocycles. The summed E-state index contributed by atoms with van der Waals surface area (Å²) < 4.78 is 1.82. The maximum atomic E-state index is 10.1. The highest BCUT2D eigenvalue weighted by atomic mass is 16.1. The molecule has 0 N–H and O–H groups in total. The summed E-state index contributed by atoms with van der Waals surface area (Å²) in [5, 5.41) is 0. The number of para-hydroxylation sites is 1. The Bertz CT molecular complexity index is 495. The van der Waals surface area contributed by atoms with Crippen LogP contribution in [0.1, 0.15) is 0 Å². The van der Waals surface area contributed by atoms with Gasteiger partial charge >= 0.3 is 0 Å². The average molecular weight is 173 g/mol. The minimum absolute atomic E-state index is 0.604. The lowest BCUT2D eigenvalue weighted by Gasteiger charge is -1.96. The normalized spacial score (nSPS) is 9.92. The van der Waals surface area contributed by atoms with Crippen LogP contribution in [0, 0.1) is 0 Å². The Morgan fingerprint density at radius 3 is 3.15 bits per heavy atom. The van der Waals surface area contributed by atoms with Crippen molar-refractivity contribution in [2.75, 3.05) is 0 Å². The molecule has 13 heavy (non-hydrogen) atoms. The highest BCUT2D eigenvalue weighted by Gasteiger charge is 2.03. The third-order valence-electron chi connectivity index (χ3n) is 1.88. The third kappa shape index (κ3) is 1.13. The highest BCUT2D eigenvalue weighted by molar-refractivity contribution is 5.87. The van der Waals surface area contributed by atoms with E-state index in [4.69, 9.17) is 0 Å². The van der Waals surface area contributed by atoms with E-state index in [0.29, 0.717) is 5.69 Å². The predicted octanol–water partition coefficient (Wildman–Crippen LogP) is 1.54. The number of benzene rings is 1. The first-order valence-corrected chi connectivity index (χ1v) is 3.81. The van der Waals surface area contributed by atoms with Gasteiger partial charge in [-0.05, 0) is 12.1 Å². The van der Waals surface area contributed by atoms with E-state index in [1.807, 2.05) is 23.7 Å². The van der Waals surface area contributed by atoms with Crippen LogP contribution in [0.3, 0.4) is 0 Å². The minimum Gasteiger partial charge on any atom is -0.332 e. The summed E-state index contributed by atoms with van der Waals surface area (Å²) in [7, 11) is 1.86. The summed E-state index contributed by atoms with van der Waals surface area (Å²) in [6.45, 7) is 0. The zero-order valence-electron chi connectivity index (χ0n) is 7.06. The number of aromatic nitrogens is 2. The fourth-order valence-electron chi connectivity index (χ4n) is 1.33. The average Bonchev–Trinajstić information content (AvgIpc) is 2.50. The van der Waals surface area contributed by atoms with Crippen LogP contribution in [0.25, 0.3) is 11.0 Å². The number of aliphatic imine (C=N–C) groups is 1. The lowest BCUT2D eigenvalue weighted by Crippen LogP contribution is -1.83. The van der Waals surface area contributed by atoms with Crippen LogP contribution in [-0.2, 0) is 11.8 Å². The number of fused-ring (bicyclic) bond motifs is 1. The number of nitrogens with zero attached hydrogens (tertiary/aromatic N) is 3. The second-order valence-electron chi connectivity index (χ2n) is 2.70. The molecule has 0 aliphatic carbocycles. The molecule has 0 radical (unpaired) electrons. The Hall–Kier alpha value is -1.93. The largest absolute Gasteiger partial charge is 0.332 e. The van der Waals surface area contributed by atoms with Gasteiger partial charge < -0.3 is 4.57 Å². The van der Waals surface area contributed by atoms with Crippen molar-refractivity contribution in [3.63, 3.8) is 0 Å². The van der Waals surface area contributed by atoms with Gasteiger partial charge in [-0.3, -0.25) is 0 Å². The molecule has 0 atom stereocenters. The molecule has 1 heterocycles. The number of hydrogen-bond donors (Lipinski definition) is 0. The summed E-state index contributed by atoms with van der Waals surface area (Å²) in [6, 6.07) is 5.44. The first-order chi connectivity index (χ1) is 6.33. The Morgan fingerprint density at radius 1 is 1.54 bits per heavy atom. The maximum absolute atomic E-state index is 10.1. The van der Waals surface area contributed by atoms with E-state index in [0.717, 1.165) is 11.0 Å². The van der Waals surface area contributed by atoms with Crippen LogP contribution in [0.5, 0.6) is 0 Å². The van der Waals surface area contributed by atoms with Gasteiger partial charge in [-0.2, -0.15) is 4.99 Å². The number of imidazole rings is 1. The van der Waals surface area contributed by atoms with Crippen molar-refractivity contribution in [1.29, 1.82) is 0 Å². The van der Waals surface area contributed by atoms with Crippen molar-refractivity contribution in [2.24, 2.45) is 12.0 Å². The molecule has 0 saturated heterocycles. The van der Waals surface area contributed by atoms with Crippen LogP contribution in [-0.4, -0.2) is 15.6 Å². The second kappa shape index (κ2) is 2.84. The number of aryl methyl sites for hydroxylation is 1. The van der Waals surface area contributed by atoms with Crippen molar-refractivity contribution in [1.82, 2.24) is 9.55 Å². The first-order valence-electron chi connectivity index (χ1n) is 3.81. The SMILES string of the molecule is Cn1cnc2cccc(N=C=O)c21. The van der Waals surface area contributed by atoms with Crippen LogP contribution in [0.15, 0.2) is 29.5 Å². The molecule has 4 heteroatoms. The Morgan fingerprint density at radius 2 is 2.38 bits per heavy atom. The maximum Gasteiger partial charge on any atom is 0.240 e. The molecule has 0 aliphatic heterocycles. The molecule has 1 aromatic carbocycles. The van der Waals surface area contributed by atoms with Crippen LogP contribution >= 0.6 is 0 Å². The molecule has 0 aliphatic rings. The van der Waals surface area contributed by atoms with E-state index in [-0.39, 0.29) is 0 Å². The van der Waals surface area contributed by atoms with Gasteiger partial charge in [-0.15, -0.1) is 0 Å². The van der Waals surface area contributed by atoms with Gasteiger partial charge in [0, 0.05) is 7.05 Å². The summed E-state index contributed by atoms with van der Waals surface area (Å²) in [6.07, 6.45) is 3.22. The molecule has 2 aromatic rings. The van der Waals surface area contributed by atoms with Crippen LogP contribution < -0.4 is 0 Å². The van der Waals surface area contributed by atoms with E-state index in [9.17, 15) is 4.79 Å². The summed E-state index contributed by atoms with van der Waals surface area (Å²) >= 11 is 0. The van der Waals surface area contributed by atoms with E-state index >= 15 is 0 Å². The fourth-order valence-corrected chi connectivity index (χ4v) is 1.33. The summed E-state index contributed by atoms with van der Waals surface area (Å²) in [4.78, 5) is 17.9. The third-order valence-corrected chi connectivity index (χ3v) is 1.88. The fraction of sp³-hybridized carbons (Fsp3) is 0.111. The van der Waals surface area contributed by atoms with Crippen LogP contribution in [0.4, 0.5) is 5.69 Å². The van der Waals surface area contributed by atoms with Crippen molar-refractivity contribution in [2.45, 2.75) is 0 Å². The lowest BCUT2D eigenvalue weighted by molar-refractivity contribution is 0.565. The number of carbonyl (C=O) groups excluding carboxylic acids is 1. The molecule has 2 rings (SSSR count). The molecule has 0 unspecified atom stereocenters. The van der Waals surface area contributed by atoms with Gasteiger partial charge in [-0.1, -0.05) is 6.07 Å². The van der Waals surface area contributed by atoms with Gasteiger partial charge in [0.05, 0.1) is 17.4 Å². The monoisotopic (exact) mass is 173 g/mol. The quantitative estimate of drug-likeness (QED) is 0.485. The Balaban J connectivity index is 2.87. The number of isocyanates is 1. The van der Waals surface area contributed by atoms with E-state index in [2.05, 4.69) is 9.98 Å². The molecular formula is C9H7N3O. The highest BCUT2D eigenvalue weighted by Crippen LogP contribution is 2.23. The number of rotatable bonds is 1. The summed E-state index contributed by atoms with van der Waals surface area (Å²) in [5.41, 5.74) is 2.29. The molecule has 4 nitrogen and oxygen atoms in total. The molecule has 0 spiro atoms. The second-order valence-corrected chi connectivity index (χ2v) is 2.70. The molecule has 64 valence electrons. The van der Waals surface area contributed by atoms with Crippen LogP contribution in [0.2, 0.25) is 0 Å². The minimum atomic E-state index is 0.604. The molecular weight excluding hydrogens is 166 g/mol. The molecule has 0 bridgehead atoms. The van der Waals surface area contributed by atoms with E-state index in [1.165, 1.54) is 6.08 Å². The van der Waals surface area contributed by atoms with Gasteiger partial charge in [0.15, 0.2) is 0 Å².